The smallest absolute Gasteiger partial charge is 0.321 e. The Morgan fingerprint density at radius 3 is 2.31 bits per heavy atom. The SMILES string of the molecule is O=C(O)CCS[C@@H](C(=O)O)c1ccccc1. The van der Waals surface area contributed by atoms with E-state index in [0.29, 0.717) is 11.3 Å². The fourth-order valence-corrected chi connectivity index (χ4v) is 2.22. The predicted octanol–water partition coefficient (Wildman–Crippen LogP) is 2.02. The van der Waals surface area contributed by atoms with Crippen LogP contribution in [0.3, 0.4) is 0 Å². The minimum atomic E-state index is -0.943. The molecule has 0 unspecified atom stereocenters. The maximum atomic E-state index is 11.0. The van der Waals surface area contributed by atoms with Gasteiger partial charge in [0.15, 0.2) is 0 Å². The molecule has 16 heavy (non-hydrogen) atoms. The van der Waals surface area contributed by atoms with Gasteiger partial charge in [-0.3, -0.25) is 9.59 Å². The van der Waals surface area contributed by atoms with Gasteiger partial charge in [-0.15, -0.1) is 11.8 Å². The summed E-state index contributed by atoms with van der Waals surface area (Å²) in [5, 5.41) is 16.8. The first-order valence-electron chi connectivity index (χ1n) is 4.72. The number of thioether (sulfide) groups is 1. The maximum absolute atomic E-state index is 11.0. The van der Waals surface area contributed by atoms with Gasteiger partial charge in [0, 0.05) is 5.75 Å². The largest absolute Gasteiger partial charge is 0.481 e. The van der Waals surface area contributed by atoms with Crippen LogP contribution in [0, 0.1) is 0 Å². The molecule has 5 heteroatoms. The van der Waals surface area contributed by atoms with Crippen LogP contribution in [0.4, 0.5) is 0 Å². The van der Waals surface area contributed by atoms with Crippen molar-refractivity contribution >= 4 is 23.7 Å². The van der Waals surface area contributed by atoms with Gasteiger partial charge in [0.1, 0.15) is 5.25 Å². The van der Waals surface area contributed by atoms with Crippen molar-refractivity contribution in [2.45, 2.75) is 11.7 Å². The molecule has 1 atom stereocenters. The van der Waals surface area contributed by atoms with E-state index in [4.69, 9.17) is 10.2 Å². The normalized spacial score (nSPS) is 12.0. The second-order valence-corrected chi connectivity index (χ2v) is 4.36. The van der Waals surface area contributed by atoms with Gasteiger partial charge in [-0.1, -0.05) is 30.3 Å². The van der Waals surface area contributed by atoms with Gasteiger partial charge in [-0.05, 0) is 5.56 Å². The molecule has 4 nitrogen and oxygen atoms in total. The minimum Gasteiger partial charge on any atom is -0.481 e. The maximum Gasteiger partial charge on any atom is 0.321 e. The topological polar surface area (TPSA) is 74.6 Å². The number of aliphatic carboxylic acids is 2. The van der Waals surface area contributed by atoms with Crippen molar-refractivity contribution in [2.24, 2.45) is 0 Å². The fraction of sp³-hybridized carbons (Fsp3) is 0.273. The second-order valence-electron chi connectivity index (χ2n) is 3.14. The number of carboxylic acid groups (broad SMARTS) is 2. The molecule has 0 aliphatic rings. The number of rotatable bonds is 6. The molecule has 0 aliphatic heterocycles. The highest BCUT2D eigenvalue weighted by molar-refractivity contribution is 8.00. The molecular formula is C11H12O4S. The molecule has 0 heterocycles. The van der Waals surface area contributed by atoms with E-state index in [1.54, 1.807) is 24.3 Å². The first-order chi connectivity index (χ1) is 7.61. The van der Waals surface area contributed by atoms with E-state index in [9.17, 15) is 9.59 Å². The Labute approximate surface area is 97.3 Å². The summed E-state index contributed by atoms with van der Waals surface area (Å²) in [6, 6.07) is 8.80. The highest BCUT2D eigenvalue weighted by Crippen LogP contribution is 2.29. The molecule has 0 saturated heterocycles. The van der Waals surface area contributed by atoms with E-state index in [-0.39, 0.29) is 6.42 Å². The van der Waals surface area contributed by atoms with E-state index >= 15 is 0 Å². The summed E-state index contributed by atoms with van der Waals surface area (Å²) >= 11 is 1.13. The molecule has 0 radical (unpaired) electrons. The monoisotopic (exact) mass is 240 g/mol. The summed E-state index contributed by atoms with van der Waals surface area (Å²) in [5.41, 5.74) is 0.686. The van der Waals surface area contributed by atoms with E-state index in [2.05, 4.69) is 0 Å². The number of carbonyl (C=O) groups is 2. The van der Waals surface area contributed by atoms with Gasteiger partial charge in [-0.2, -0.15) is 0 Å². The van der Waals surface area contributed by atoms with Crippen LogP contribution in [0.5, 0.6) is 0 Å². The van der Waals surface area contributed by atoms with Gasteiger partial charge in [0.25, 0.3) is 0 Å². The van der Waals surface area contributed by atoms with Crippen LogP contribution in [0.1, 0.15) is 17.2 Å². The number of hydrogen-bond acceptors (Lipinski definition) is 3. The van der Waals surface area contributed by atoms with Gasteiger partial charge in [0.2, 0.25) is 0 Å². The predicted molar refractivity (Wildman–Crippen MR) is 61.5 cm³/mol. The lowest BCUT2D eigenvalue weighted by atomic mass is 10.1. The number of hydrogen-bond donors (Lipinski definition) is 2. The van der Waals surface area contributed by atoms with E-state index in [0.717, 1.165) is 11.8 Å². The van der Waals surface area contributed by atoms with Crippen LogP contribution in [-0.2, 0) is 9.59 Å². The Kier molecular flexibility index (Phi) is 4.85. The Hall–Kier alpha value is -1.49. The van der Waals surface area contributed by atoms with Crippen molar-refractivity contribution in [3.05, 3.63) is 35.9 Å². The average Bonchev–Trinajstić information content (AvgIpc) is 2.25. The first-order valence-corrected chi connectivity index (χ1v) is 5.77. The molecule has 2 N–H and O–H groups in total. The summed E-state index contributed by atoms with van der Waals surface area (Å²) in [4.78, 5) is 21.3. The van der Waals surface area contributed by atoms with Gasteiger partial charge < -0.3 is 10.2 Å². The lowest BCUT2D eigenvalue weighted by Crippen LogP contribution is -2.09. The zero-order chi connectivity index (χ0) is 12.0. The quantitative estimate of drug-likeness (QED) is 0.795. The minimum absolute atomic E-state index is 0.0265. The zero-order valence-corrected chi connectivity index (χ0v) is 9.31. The molecule has 1 aromatic carbocycles. The van der Waals surface area contributed by atoms with Crippen LogP contribution in [-0.4, -0.2) is 27.9 Å². The van der Waals surface area contributed by atoms with Crippen LogP contribution in [0.2, 0.25) is 0 Å². The molecule has 1 rings (SSSR count). The summed E-state index contributed by atoms with van der Waals surface area (Å²) in [6.07, 6.45) is -0.0265. The third kappa shape index (κ3) is 3.94. The van der Waals surface area contributed by atoms with E-state index < -0.39 is 17.2 Å². The Morgan fingerprint density at radius 2 is 1.81 bits per heavy atom. The van der Waals surface area contributed by atoms with Crippen LogP contribution in [0.15, 0.2) is 30.3 Å². The molecule has 0 saturated carbocycles. The first kappa shape index (κ1) is 12.6. The molecule has 0 fully saturated rings. The lowest BCUT2D eigenvalue weighted by molar-refractivity contribution is -0.137. The third-order valence-corrected chi connectivity index (χ3v) is 3.17. The standard InChI is InChI=1S/C11H12O4S/c12-9(13)6-7-16-10(11(14)15)8-4-2-1-3-5-8/h1-5,10H,6-7H2,(H,12,13)(H,14,15)/t10-/m1/s1. The lowest BCUT2D eigenvalue weighted by Gasteiger charge is -2.11. The Morgan fingerprint density at radius 1 is 1.19 bits per heavy atom. The molecule has 0 spiro atoms. The average molecular weight is 240 g/mol. The fourth-order valence-electron chi connectivity index (χ4n) is 1.20. The second kappa shape index (κ2) is 6.17. The number of carboxylic acids is 2. The number of benzene rings is 1. The zero-order valence-electron chi connectivity index (χ0n) is 8.50. The Balaban J connectivity index is 2.62. The molecule has 0 bridgehead atoms. The molecule has 86 valence electrons. The Bertz CT molecular complexity index is 364. The third-order valence-electron chi connectivity index (χ3n) is 1.93. The van der Waals surface area contributed by atoms with Crippen molar-refractivity contribution in [1.82, 2.24) is 0 Å². The van der Waals surface area contributed by atoms with E-state index in [1.807, 2.05) is 6.07 Å². The van der Waals surface area contributed by atoms with Crippen molar-refractivity contribution < 1.29 is 19.8 Å². The van der Waals surface area contributed by atoms with Crippen molar-refractivity contribution in [1.29, 1.82) is 0 Å². The highest BCUT2D eigenvalue weighted by atomic mass is 32.2. The molecule has 0 amide bonds. The van der Waals surface area contributed by atoms with Crippen LogP contribution >= 0.6 is 11.8 Å². The molecular weight excluding hydrogens is 228 g/mol. The van der Waals surface area contributed by atoms with Crippen LogP contribution < -0.4 is 0 Å². The van der Waals surface area contributed by atoms with Gasteiger partial charge in [-0.25, -0.2) is 0 Å². The summed E-state index contributed by atoms with van der Waals surface area (Å²) in [5.74, 6) is -1.56. The van der Waals surface area contributed by atoms with E-state index in [1.165, 1.54) is 0 Å². The summed E-state index contributed by atoms with van der Waals surface area (Å²) in [6.45, 7) is 0. The summed E-state index contributed by atoms with van der Waals surface area (Å²) < 4.78 is 0. The van der Waals surface area contributed by atoms with Gasteiger partial charge >= 0.3 is 11.9 Å². The molecule has 1 aromatic rings. The van der Waals surface area contributed by atoms with Crippen molar-refractivity contribution in [2.75, 3.05) is 5.75 Å². The van der Waals surface area contributed by atoms with Crippen LogP contribution in [0.25, 0.3) is 0 Å². The molecule has 0 aliphatic carbocycles. The van der Waals surface area contributed by atoms with Crippen molar-refractivity contribution in [3.63, 3.8) is 0 Å². The van der Waals surface area contributed by atoms with Crippen molar-refractivity contribution in [3.8, 4) is 0 Å². The molecule has 0 aromatic heterocycles. The highest BCUT2D eigenvalue weighted by Gasteiger charge is 2.19. The summed E-state index contributed by atoms with van der Waals surface area (Å²) in [7, 11) is 0. The van der Waals surface area contributed by atoms with Gasteiger partial charge in [0.05, 0.1) is 6.42 Å².